The Labute approximate surface area is 228 Å². The van der Waals surface area contributed by atoms with Crippen molar-refractivity contribution >= 4 is 17.9 Å². The summed E-state index contributed by atoms with van der Waals surface area (Å²) in [6, 6.07) is 10.9. The lowest BCUT2D eigenvalue weighted by atomic mass is 10.0. The number of ether oxygens (including phenoxy) is 1. The summed E-state index contributed by atoms with van der Waals surface area (Å²) >= 11 is 0. The Hall–Kier alpha value is -3.31. The fourth-order valence-corrected chi connectivity index (χ4v) is 4.70. The van der Waals surface area contributed by atoms with Gasteiger partial charge in [-0.25, -0.2) is 4.39 Å². The monoisotopic (exact) mass is 540 g/mol. The number of nitrogens with one attached hydrogen (secondary N) is 3. The number of carbonyl (C=O) groups excluding carboxylic acids is 2. The normalized spacial score (nSPS) is 26.5. The van der Waals surface area contributed by atoms with E-state index in [9.17, 15) is 24.2 Å². The number of hydrogen-bond donors (Lipinski definition) is 5. The highest BCUT2D eigenvalue weighted by Crippen LogP contribution is 2.33. The second-order valence-electron chi connectivity index (χ2n) is 10.00. The van der Waals surface area contributed by atoms with Gasteiger partial charge in [-0.15, -0.1) is 0 Å². The van der Waals surface area contributed by atoms with Gasteiger partial charge in [-0.2, -0.15) is 0 Å². The molecule has 2 amide bonds. The summed E-state index contributed by atoms with van der Waals surface area (Å²) in [6.45, 7) is 0.498. The van der Waals surface area contributed by atoms with E-state index in [2.05, 4.69) is 16.0 Å². The summed E-state index contributed by atoms with van der Waals surface area (Å²) in [7, 11) is 1.54. The van der Waals surface area contributed by atoms with E-state index in [-0.39, 0.29) is 24.8 Å². The number of carbonyl (C=O) groups is 2. The number of fused-ring (bicyclic) bond motifs is 1. The molecule has 10 heteroatoms. The molecule has 0 saturated heterocycles. The maximum absolute atomic E-state index is 13.5. The van der Waals surface area contributed by atoms with Crippen molar-refractivity contribution in [3.05, 3.63) is 71.6 Å². The Balaban J connectivity index is 1.59. The smallest absolute Gasteiger partial charge is 0.240 e. The highest BCUT2D eigenvalue weighted by molar-refractivity contribution is 5.83. The van der Waals surface area contributed by atoms with E-state index >= 15 is 0 Å². The minimum absolute atomic E-state index is 0.158. The molecule has 2 aliphatic rings. The molecule has 5 N–H and O–H groups in total. The van der Waals surface area contributed by atoms with Crippen molar-refractivity contribution in [1.82, 2.24) is 20.9 Å². The number of nitrogens with zero attached hydrogens (tertiary/aromatic N) is 1. The minimum Gasteiger partial charge on any atom is -0.492 e. The van der Waals surface area contributed by atoms with Gasteiger partial charge < -0.3 is 30.5 Å². The first-order valence-electron chi connectivity index (χ1n) is 13.3. The van der Waals surface area contributed by atoms with E-state index in [1.165, 1.54) is 24.1 Å². The van der Waals surface area contributed by atoms with Crippen LogP contribution in [0.1, 0.15) is 24.0 Å². The molecule has 0 bridgehead atoms. The molecule has 1 saturated carbocycles. The summed E-state index contributed by atoms with van der Waals surface area (Å²) in [5.41, 5.74) is 1.53. The third kappa shape index (κ3) is 7.86. The predicted octanol–water partition coefficient (Wildman–Crippen LogP) is 1.05. The van der Waals surface area contributed by atoms with Crippen molar-refractivity contribution in [3.63, 3.8) is 0 Å². The number of halogens is 1. The maximum Gasteiger partial charge on any atom is 0.240 e. The fourth-order valence-electron chi connectivity index (χ4n) is 4.70. The average Bonchev–Trinajstić information content (AvgIpc) is 3.77. The van der Waals surface area contributed by atoms with E-state index < -0.39 is 42.7 Å². The maximum atomic E-state index is 13.5. The number of hydrogen-bond acceptors (Lipinski definition) is 7. The molecule has 0 spiro atoms. The first-order valence-corrected chi connectivity index (χ1v) is 13.3. The molecule has 0 radical (unpaired) electrons. The fraction of sp³-hybridized carbons (Fsp3) is 0.448. The van der Waals surface area contributed by atoms with E-state index in [4.69, 9.17) is 4.74 Å². The summed E-state index contributed by atoms with van der Waals surface area (Å²) in [4.78, 5) is 28.0. The number of aliphatic hydroxyl groups is 2. The lowest BCUT2D eigenvalue weighted by Gasteiger charge is -2.35. The van der Waals surface area contributed by atoms with Gasteiger partial charge in [-0.1, -0.05) is 42.5 Å². The molecule has 2 aromatic rings. The van der Waals surface area contributed by atoms with Crippen LogP contribution in [0, 0.1) is 11.7 Å². The standard InChI is InChI=1S/C29H37FN4O5/c1-34-24(18-35)28(37)33-23(17-19-8-12-22(30)13-9-19)27(36)32-14-4-6-20-5-2-3-7-25(20)39-16-15-31-26(29(34)38)21-10-11-21/h2-9,12-13,21,23-24,26,28,31,33,35,37H,10-11,14-18H2,1H3,(H,32,36)/b6-4+/t23-,24+,26+,28?/m1/s1. The van der Waals surface area contributed by atoms with Crippen LogP contribution in [0.25, 0.3) is 6.08 Å². The van der Waals surface area contributed by atoms with Crippen LogP contribution in [0.5, 0.6) is 5.75 Å². The molecule has 1 fully saturated rings. The van der Waals surface area contributed by atoms with Crippen LogP contribution < -0.4 is 20.7 Å². The molecule has 9 nitrogen and oxygen atoms in total. The summed E-state index contributed by atoms with van der Waals surface area (Å²) in [5, 5.41) is 30.2. The van der Waals surface area contributed by atoms with E-state index in [0.717, 1.165) is 18.4 Å². The second kappa shape index (κ2) is 13.7. The van der Waals surface area contributed by atoms with Gasteiger partial charge in [0.25, 0.3) is 0 Å². The van der Waals surface area contributed by atoms with Crippen LogP contribution in [-0.2, 0) is 16.0 Å². The number of benzene rings is 2. The third-order valence-electron chi connectivity index (χ3n) is 7.13. The van der Waals surface area contributed by atoms with Crippen molar-refractivity contribution in [2.45, 2.75) is 43.6 Å². The molecule has 39 heavy (non-hydrogen) atoms. The van der Waals surface area contributed by atoms with Gasteiger partial charge in [-0.05, 0) is 48.9 Å². The molecule has 2 aromatic carbocycles. The average molecular weight is 541 g/mol. The molecule has 0 aromatic heterocycles. The zero-order valence-corrected chi connectivity index (χ0v) is 22.1. The second-order valence-corrected chi connectivity index (χ2v) is 10.00. The van der Waals surface area contributed by atoms with Crippen molar-refractivity contribution in [2.24, 2.45) is 5.92 Å². The molecular formula is C29H37FN4O5. The molecule has 1 aliphatic carbocycles. The lowest BCUT2D eigenvalue weighted by molar-refractivity contribution is -0.139. The van der Waals surface area contributed by atoms with E-state index in [1.807, 2.05) is 30.3 Å². The van der Waals surface area contributed by atoms with Gasteiger partial charge in [0.15, 0.2) is 0 Å². The van der Waals surface area contributed by atoms with E-state index in [0.29, 0.717) is 24.5 Å². The van der Waals surface area contributed by atoms with Crippen LogP contribution in [0.2, 0.25) is 0 Å². The van der Waals surface area contributed by atoms with Crippen LogP contribution in [0.3, 0.4) is 0 Å². The quantitative estimate of drug-likeness (QED) is 0.393. The number of amides is 2. The zero-order chi connectivity index (χ0) is 27.8. The van der Waals surface area contributed by atoms with Gasteiger partial charge in [-0.3, -0.25) is 14.9 Å². The highest BCUT2D eigenvalue weighted by atomic mass is 19.1. The van der Waals surface area contributed by atoms with Crippen molar-refractivity contribution < 1.29 is 28.9 Å². The Morgan fingerprint density at radius 2 is 1.85 bits per heavy atom. The minimum atomic E-state index is -1.40. The van der Waals surface area contributed by atoms with Crippen LogP contribution in [0.4, 0.5) is 4.39 Å². The largest absolute Gasteiger partial charge is 0.492 e. The Bertz CT molecular complexity index is 1140. The number of aliphatic hydroxyl groups excluding tert-OH is 2. The van der Waals surface area contributed by atoms with Crippen LogP contribution >= 0.6 is 0 Å². The molecule has 4 atom stereocenters. The van der Waals surface area contributed by atoms with Crippen molar-refractivity contribution in [1.29, 1.82) is 0 Å². The number of likely N-dealkylation sites (N-methyl/N-ethyl adjacent to an activating group) is 1. The molecule has 210 valence electrons. The highest BCUT2D eigenvalue weighted by Gasteiger charge is 2.40. The molecular weight excluding hydrogens is 503 g/mol. The number of para-hydroxylation sites is 1. The number of rotatable bonds is 4. The Morgan fingerprint density at radius 1 is 1.10 bits per heavy atom. The van der Waals surface area contributed by atoms with Crippen molar-refractivity contribution in [2.75, 3.05) is 33.4 Å². The first kappa shape index (κ1) is 28.7. The van der Waals surface area contributed by atoms with Crippen LogP contribution in [0.15, 0.2) is 54.6 Å². The van der Waals surface area contributed by atoms with Gasteiger partial charge >= 0.3 is 0 Å². The zero-order valence-electron chi connectivity index (χ0n) is 22.1. The SMILES string of the molecule is CN1C(=O)[C@H](C2CC2)NCCOc2ccccc2/C=C/CNC(=O)[C@@H](Cc2ccc(F)cc2)NC(O)[C@@H]1CO. The molecule has 1 unspecified atom stereocenters. The lowest BCUT2D eigenvalue weighted by Crippen LogP contribution is -2.60. The summed E-state index contributed by atoms with van der Waals surface area (Å²) < 4.78 is 19.4. The van der Waals surface area contributed by atoms with Crippen molar-refractivity contribution in [3.8, 4) is 5.75 Å². The van der Waals surface area contributed by atoms with E-state index in [1.54, 1.807) is 18.2 Å². The molecule has 4 rings (SSSR count). The molecule has 1 aliphatic heterocycles. The van der Waals surface area contributed by atoms with Gasteiger partial charge in [0.2, 0.25) is 11.8 Å². The topological polar surface area (TPSA) is 123 Å². The van der Waals surface area contributed by atoms with Gasteiger partial charge in [0.1, 0.15) is 24.4 Å². The summed E-state index contributed by atoms with van der Waals surface area (Å²) in [6.07, 6.45) is 4.25. The predicted molar refractivity (Wildman–Crippen MR) is 145 cm³/mol. The van der Waals surface area contributed by atoms with Gasteiger partial charge in [0.05, 0.1) is 24.7 Å². The Kier molecular flexibility index (Phi) is 10.0. The first-order chi connectivity index (χ1) is 18.9. The summed E-state index contributed by atoms with van der Waals surface area (Å²) in [5.74, 6) is -0.177. The Morgan fingerprint density at radius 3 is 2.56 bits per heavy atom. The van der Waals surface area contributed by atoms with Crippen LogP contribution in [-0.4, -0.2) is 84.6 Å². The molecule has 1 heterocycles. The van der Waals surface area contributed by atoms with Gasteiger partial charge in [0, 0.05) is 25.7 Å². The third-order valence-corrected chi connectivity index (χ3v) is 7.13.